The van der Waals surface area contributed by atoms with Gasteiger partial charge in [0.05, 0.1) is 25.8 Å². The Morgan fingerprint density at radius 1 is 1.28 bits per heavy atom. The number of nitrogens with zero attached hydrogens (tertiary/aromatic N) is 3. The van der Waals surface area contributed by atoms with Gasteiger partial charge in [0.2, 0.25) is 0 Å². The molecule has 2 aromatic heterocycles. The van der Waals surface area contributed by atoms with Crippen molar-refractivity contribution in [3.8, 4) is 5.75 Å². The smallest absolute Gasteiger partial charge is 0.307 e. The van der Waals surface area contributed by atoms with Crippen LogP contribution in [0.15, 0.2) is 18.3 Å². The van der Waals surface area contributed by atoms with Gasteiger partial charge in [0.15, 0.2) is 11.4 Å². The first-order chi connectivity index (χ1) is 12.0. The summed E-state index contributed by atoms with van der Waals surface area (Å²) in [6.07, 6.45) is 2.77. The molecule has 0 atom stereocenters. The van der Waals surface area contributed by atoms with Crippen LogP contribution in [0.3, 0.4) is 0 Å². The lowest BCUT2D eigenvalue weighted by Gasteiger charge is -2.22. The van der Waals surface area contributed by atoms with E-state index >= 15 is 0 Å². The molecule has 0 aliphatic rings. The van der Waals surface area contributed by atoms with Crippen LogP contribution in [0.5, 0.6) is 5.75 Å². The second-order valence-electron chi connectivity index (χ2n) is 5.66. The van der Waals surface area contributed by atoms with Crippen LogP contribution in [0, 0.1) is 6.92 Å². The van der Waals surface area contributed by atoms with E-state index in [2.05, 4.69) is 4.98 Å². The van der Waals surface area contributed by atoms with Crippen LogP contribution in [-0.4, -0.2) is 53.0 Å². The van der Waals surface area contributed by atoms with E-state index in [4.69, 9.17) is 9.47 Å². The van der Waals surface area contributed by atoms with Gasteiger partial charge in [-0.3, -0.25) is 14.0 Å². The number of esters is 1. The molecule has 0 bridgehead atoms. The maximum absolute atomic E-state index is 13.1. The molecule has 136 valence electrons. The molecule has 25 heavy (non-hydrogen) atoms. The Balaban J connectivity index is 2.31. The Labute approximate surface area is 147 Å². The Morgan fingerprint density at radius 3 is 2.68 bits per heavy atom. The quantitative estimate of drug-likeness (QED) is 0.686. The normalized spacial score (nSPS) is 10.7. The summed E-state index contributed by atoms with van der Waals surface area (Å²) in [5.41, 5.74) is 1.73. The second-order valence-corrected chi connectivity index (χ2v) is 5.66. The van der Waals surface area contributed by atoms with Crippen molar-refractivity contribution < 1.29 is 19.1 Å². The summed E-state index contributed by atoms with van der Waals surface area (Å²) in [4.78, 5) is 30.8. The molecule has 0 aromatic carbocycles. The molecule has 1 amide bonds. The summed E-state index contributed by atoms with van der Waals surface area (Å²) in [7, 11) is 1.57. The molecule has 0 radical (unpaired) electrons. The highest BCUT2D eigenvalue weighted by molar-refractivity contribution is 5.95. The predicted molar refractivity (Wildman–Crippen MR) is 93.9 cm³/mol. The van der Waals surface area contributed by atoms with Gasteiger partial charge in [-0.15, -0.1) is 0 Å². The number of aromatic nitrogens is 2. The minimum Gasteiger partial charge on any atom is -0.493 e. The van der Waals surface area contributed by atoms with Crippen molar-refractivity contribution in [2.75, 3.05) is 26.8 Å². The minimum absolute atomic E-state index is 0.149. The van der Waals surface area contributed by atoms with Crippen molar-refractivity contribution in [1.29, 1.82) is 0 Å². The first kappa shape index (κ1) is 18.8. The number of carbonyl (C=O) groups is 2. The first-order valence-corrected chi connectivity index (χ1v) is 8.50. The fourth-order valence-electron chi connectivity index (χ4n) is 2.77. The number of fused-ring (bicyclic) bond motifs is 1. The SMILES string of the molecule is CCCN(CCC(=O)OCC)C(=O)c1c(C)nc2c(OC)cccn12. The van der Waals surface area contributed by atoms with E-state index in [1.807, 2.05) is 13.0 Å². The molecular formula is C18H25N3O4. The number of hydrogen-bond acceptors (Lipinski definition) is 5. The molecule has 2 aromatic rings. The van der Waals surface area contributed by atoms with Crippen molar-refractivity contribution in [3.05, 3.63) is 29.7 Å². The Morgan fingerprint density at radius 2 is 2.04 bits per heavy atom. The van der Waals surface area contributed by atoms with Crippen LogP contribution in [-0.2, 0) is 9.53 Å². The second kappa shape index (κ2) is 8.50. The zero-order valence-electron chi connectivity index (χ0n) is 15.2. The summed E-state index contributed by atoms with van der Waals surface area (Å²) >= 11 is 0. The third-order valence-corrected chi connectivity index (χ3v) is 3.88. The third kappa shape index (κ3) is 4.10. The van der Waals surface area contributed by atoms with E-state index < -0.39 is 0 Å². The van der Waals surface area contributed by atoms with Crippen molar-refractivity contribution in [2.45, 2.75) is 33.6 Å². The standard InChI is InChI=1S/C18H25N3O4/c1-5-10-20(12-9-15(22)25-6-2)18(23)16-13(3)19-17-14(24-4)8-7-11-21(16)17/h7-8,11H,5-6,9-10,12H2,1-4H3. The Bertz CT molecular complexity index is 754. The minimum atomic E-state index is -0.298. The number of imidazole rings is 1. The zero-order chi connectivity index (χ0) is 18.4. The average Bonchev–Trinajstić information content (AvgIpc) is 2.94. The molecule has 7 heteroatoms. The molecule has 7 nitrogen and oxygen atoms in total. The molecule has 0 N–H and O–H groups in total. The van der Waals surface area contributed by atoms with Crippen molar-refractivity contribution in [3.63, 3.8) is 0 Å². The highest BCUT2D eigenvalue weighted by Gasteiger charge is 2.23. The van der Waals surface area contributed by atoms with Gasteiger partial charge in [0.25, 0.3) is 5.91 Å². The molecule has 2 heterocycles. The molecule has 0 aliphatic carbocycles. The number of methoxy groups -OCH3 is 1. The van der Waals surface area contributed by atoms with Crippen LogP contribution in [0.25, 0.3) is 5.65 Å². The summed E-state index contributed by atoms with van der Waals surface area (Å²) < 4.78 is 12.0. The van der Waals surface area contributed by atoms with Crippen LogP contribution in [0.4, 0.5) is 0 Å². The highest BCUT2D eigenvalue weighted by Crippen LogP contribution is 2.22. The van der Waals surface area contributed by atoms with Crippen LogP contribution in [0.2, 0.25) is 0 Å². The molecular weight excluding hydrogens is 322 g/mol. The van der Waals surface area contributed by atoms with Crippen molar-refractivity contribution in [2.24, 2.45) is 0 Å². The van der Waals surface area contributed by atoms with Crippen LogP contribution in [0.1, 0.15) is 42.9 Å². The molecule has 0 aliphatic heterocycles. The van der Waals surface area contributed by atoms with Gasteiger partial charge in [0, 0.05) is 19.3 Å². The van der Waals surface area contributed by atoms with E-state index in [9.17, 15) is 9.59 Å². The zero-order valence-corrected chi connectivity index (χ0v) is 15.2. The van der Waals surface area contributed by atoms with Crippen LogP contribution >= 0.6 is 0 Å². The van der Waals surface area contributed by atoms with E-state index in [1.165, 1.54) is 0 Å². The largest absolute Gasteiger partial charge is 0.493 e. The number of carbonyl (C=O) groups excluding carboxylic acids is 2. The van der Waals surface area contributed by atoms with E-state index in [-0.39, 0.29) is 18.3 Å². The van der Waals surface area contributed by atoms with Gasteiger partial charge in [0.1, 0.15) is 5.69 Å². The highest BCUT2D eigenvalue weighted by atomic mass is 16.5. The summed E-state index contributed by atoms with van der Waals surface area (Å²) in [5, 5.41) is 0. The number of ether oxygens (including phenoxy) is 2. The van der Waals surface area contributed by atoms with E-state index in [1.54, 1.807) is 42.5 Å². The lowest BCUT2D eigenvalue weighted by molar-refractivity contribution is -0.143. The third-order valence-electron chi connectivity index (χ3n) is 3.88. The number of pyridine rings is 1. The molecule has 0 unspecified atom stereocenters. The van der Waals surface area contributed by atoms with Gasteiger partial charge in [-0.25, -0.2) is 4.98 Å². The molecule has 0 saturated carbocycles. The average molecular weight is 347 g/mol. The maximum atomic E-state index is 13.1. The van der Waals surface area contributed by atoms with Gasteiger partial charge >= 0.3 is 5.97 Å². The van der Waals surface area contributed by atoms with Gasteiger partial charge in [-0.1, -0.05) is 6.92 Å². The number of amides is 1. The summed E-state index contributed by atoms with van der Waals surface area (Å²) in [6, 6.07) is 3.62. The van der Waals surface area contributed by atoms with Crippen molar-refractivity contribution in [1.82, 2.24) is 14.3 Å². The van der Waals surface area contributed by atoms with Crippen molar-refractivity contribution >= 4 is 17.5 Å². The van der Waals surface area contributed by atoms with Gasteiger partial charge in [-0.05, 0) is 32.4 Å². The molecule has 0 fully saturated rings. The van der Waals surface area contributed by atoms with E-state index in [0.29, 0.717) is 42.5 Å². The van der Waals surface area contributed by atoms with Crippen LogP contribution < -0.4 is 4.74 Å². The number of hydrogen-bond donors (Lipinski definition) is 0. The fraction of sp³-hybridized carbons (Fsp3) is 0.500. The summed E-state index contributed by atoms with van der Waals surface area (Å²) in [5.74, 6) is 0.163. The molecule has 2 rings (SSSR count). The maximum Gasteiger partial charge on any atom is 0.307 e. The molecule has 0 saturated heterocycles. The lowest BCUT2D eigenvalue weighted by Crippen LogP contribution is -2.35. The predicted octanol–water partition coefficient (Wildman–Crippen LogP) is 2.46. The Kier molecular flexibility index (Phi) is 6.38. The number of rotatable bonds is 8. The number of aryl methyl sites for hydroxylation is 1. The monoisotopic (exact) mass is 347 g/mol. The topological polar surface area (TPSA) is 73.1 Å². The molecule has 0 spiro atoms. The first-order valence-electron chi connectivity index (χ1n) is 8.50. The fourth-order valence-corrected chi connectivity index (χ4v) is 2.77. The van der Waals surface area contributed by atoms with Gasteiger partial charge < -0.3 is 14.4 Å². The lowest BCUT2D eigenvalue weighted by atomic mass is 10.2. The summed E-state index contributed by atoms with van der Waals surface area (Å²) in [6.45, 7) is 6.79. The van der Waals surface area contributed by atoms with E-state index in [0.717, 1.165) is 6.42 Å². The Hall–Kier alpha value is -2.57. The van der Waals surface area contributed by atoms with Gasteiger partial charge in [-0.2, -0.15) is 0 Å².